The molecule has 1 rings (SSSR count). The number of halogens is 1. The molecule has 17 heavy (non-hydrogen) atoms. The van der Waals surface area contributed by atoms with Gasteiger partial charge in [-0.1, -0.05) is 57.9 Å². The number of carbonyl (C=O) groups excluding carboxylic acids is 1. The van der Waals surface area contributed by atoms with Crippen LogP contribution in [0.1, 0.15) is 61.9 Å². The minimum absolute atomic E-state index is 0.00440. The number of unbranched alkanes of at least 4 members (excludes halogenated alkanes) is 1. The van der Waals surface area contributed by atoms with Crippen LogP contribution < -0.4 is 0 Å². The Morgan fingerprint density at radius 1 is 1.29 bits per heavy atom. The zero-order chi connectivity index (χ0) is 12.8. The van der Waals surface area contributed by atoms with Crippen molar-refractivity contribution in [2.75, 3.05) is 0 Å². The Labute approximate surface area is 113 Å². The summed E-state index contributed by atoms with van der Waals surface area (Å²) in [7, 11) is 0. The maximum atomic E-state index is 11.6. The fourth-order valence-electron chi connectivity index (χ4n) is 2.27. The van der Waals surface area contributed by atoms with Crippen LogP contribution >= 0.6 is 15.9 Å². The second-order valence-electron chi connectivity index (χ2n) is 4.85. The van der Waals surface area contributed by atoms with Gasteiger partial charge in [0.2, 0.25) is 4.69 Å². The van der Waals surface area contributed by atoms with Crippen molar-refractivity contribution in [2.45, 2.75) is 46.0 Å². The topological polar surface area (TPSA) is 17.1 Å². The lowest BCUT2D eigenvalue weighted by atomic mass is 9.82. The van der Waals surface area contributed by atoms with Gasteiger partial charge in [0.15, 0.2) is 0 Å². The largest absolute Gasteiger partial charge is 0.281 e. The molecule has 0 aliphatic carbocycles. The molecule has 0 heterocycles. The highest BCUT2D eigenvalue weighted by atomic mass is 79.9. The number of hydrogen-bond acceptors (Lipinski definition) is 1. The van der Waals surface area contributed by atoms with E-state index in [1.165, 1.54) is 18.4 Å². The third-order valence-electron chi connectivity index (χ3n) is 3.25. The van der Waals surface area contributed by atoms with Gasteiger partial charge in [0.1, 0.15) is 0 Å². The fraction of sp³-hybridized carbons (Fsp3) is 0.533. The van der Waals surface area contributed by atoms with Crippen molar-refractivity contribution >= 4 is 20.6 Å². The van der Waals surface area contributed by atoms with Crippen LogP contribution in [0.4, 0.5) is 0 Å². The van der Waals surface area contributed by atoms with E-state index in [9.17, 15) is 4.79 Å². The second kappa shape index (κ2) is 6.95. The molecule has 0 spiro atoms. The van der Waals surface area contributed by atoms with Gasteiger partial charge < -0.3 is 0 Å². The summed E-state index contributed by atoms with van der Waals surface area (Å²) >= 11 is 3.08. The summed E-state index contributed by atoms with van der Waals surface area (Å²) in [6.07, 6.45) is 3.58. The third kappa shape index (κ3) is 3.95. The van der Waals surface area contributed by atoms with Gasteiger partial charge in [-0.05, 0) is 39.8 Å². The molecular weight excluding hydrogens is 276 g/mol. The Bertz CT molecular complexity index is 371. The van der Waals surface area contributed by atoms with E-state index in [1.54, 1.807) is 0 Å². The lowest BCUT2D eigenvalue weighted by Crippen LogP contribution is -2.10. The SMILES string of the molecule is CCCCC(c1ccccc1C(=O)Br)C(C)C. The summed E-state index contributed by atoms with van der Waals surface area (Å²) in [6.45, 7) is 6.67. The molecule has 1 aromatic rings. The zero-order valence-electron chi connectivity index (χ0n) is 10.9. The number of rotatable bonds is 6. The van der Waals surface area contributed by atoms with E-state index >= 15 is 0 Å². The molecule has 1 unspecified atom stereocenters. The van der Waals surface area contributed by atoms with Crippen molar-refractivity contribution in [3.05, 3.63) is 35.4 Å². The highest BCUT2D eigenvalue weighted by Crippen LogP contribution is 2.32. The quantitative estimate of drug-likeness (QED) is 0.663. The average Bonchev–Trinajstić information content (AvgIpc) is 2.29. The monoisotopic (exact) mass is 296 g/mol. The van der Waals surface area contributed by atoms with Crippen LogP contribution in [0.3, 0.4) is 0 Å². The zero-order valence-corrected chi connectivity index (χ0v) is 12.5. The fourth-order valence-corrected chi connectivity index (χ4v) is 2.63. The van der Waals surface area contributed by atoms with E-state index in [-0.39, 0.29) is 4.69 Å². The van der Waals surface area contributed by atoms with Crippen molar-refractivity contribution < 1.29 is 4.79 Å². The summed E-state index contributed by atoms with van der Waals surface area (Å²) < 4.78 is -0.00440. The van der Waals surface area contributed by atoms with Gasteiger partial charge in [-0.2, -0.15) is 0 Å². The van der Waals surface area contributed by atoms with Crippen LogP contribution in [0.5, 0.6) is 0 Å². The molecule has 2 heteroatoms. The van der Waals surface area contributed by atoms with Crippen molar-refractivity contribution in [3.63, 3.8) is 0 Å². The Kier molecular flexibility index (Phi) is 5.90. The first-order valence-corrected chi connectivity index (χ1v) is 7.16. The van der Waals surface area contributed by atoms with Crippen LogP contribution in [-0.4, -0.2) is 4.69 Å². The molecular formula is C15H21BrO. The van der Waals surface area contributed by atoms with Crippen LogP contribution in [0, 0.1) is 5.92 Å². The minimum atomic E-state index is -0.00440. The van der Waals surface area contributed by atoms with Gasteiger partial charge >= 0.3 is 0 Å². The highest BCUT2D eigenvalue weighted by Gasteiger charge is 2.20. The molecule has 0 aliphatic rings. The standard InChI is InChI=1S/C15H21BrO/c1-4-5-8-12(11(2)3)13-9-6-7-10-14(13)15(16)17/h6-7,9-12H,4-5,8H2,1-3H3. The Morgan fingerprint density at radius 2 is 1.94 bits per heavy atom. The minimum Gasteiger partial charge on any atom is -0.281 e. The van der Waals surface area contributed by atoms with Crippen molar-refractivity contribution in [2.24, 2.45) is 5.92 Å². The van der Waals surface area contributed by atoms with Gasteiger partial charge in [-0.15, -0.1) is 0 Å². The maximum absolute atomic E-state index is 11.6. The van der Waals surface area contributed by atoms with E-state index < -0.39 is 0 Å². The van der Waals surface area contributed by atoms with Gasteiger partial charge in [0.05, 0.1) is 0 Å². The predicted octanol–water partition coefficient (Wildman–Crippen LogP) is 5.15. The first kappa shape index (κ1) is 14.4. The van der Waals surface area contributed by atoms with Crippen LogP contribution in [0.2, 0.25) is 0 Å². The van der Waals surface area contributed by atoms with E-state index in [0.29, 0.717) is 11.8 Å². The van der Waals surface area contributed by atoms with Crippen LogP contribution in [0.15, 0.2) is 24.3 Å². The molecule has 0 aromatic heterocycles. The lowest BCUT2D eigenvalue weighted by Gasteiger charge is -2.23. The van der Waals surface area contributed by atoms with Crippen molar-refractivity contribution in [1.29, 1.82) is 0 Å². The number of carbonyl (C=O) groups is 1. The Hall–Kier alpha value is -0.630. The molecule has 0 saturated heterocycles. The summed E-state index contributed by atoms with van der Waals surface area (Å²) in [4.78, 5) is 11.6. The van der Waals surface area contributed by atoms with E-state index in [4.69, 9.17) is 0 Å². The van der Waals surface area contributed by atoms with Gasteiger partial charge in [0, 0.05) is 5.56 Å². The van der Waals surface area contributed by atoms with Crippen molar-refractivity contribution in [1.82, 2.24) is 0 Å². The van der Waals surface area contributed by atoms with Crippen LogP contribution in [-0.2, 0) is 0 Å². The molecule has 1 nitrogen and oxygen atoms in total. The highest BCUT2D eigenvalue weighted by molar-refractivity contribution is 9.18. The summed E-state index contributed by atoms with van der Waals surface area (Å²) in [5.41, 5.74) is 2.01. The molecule has 0 bridgehead atoms. The molecule has 0 aliphatic heterocycles. The smallest absolute Gasteiger partial charge is 0.228 e. The van der Waals surface area contributed by atoms with E-state index in [0.717, 1.165) is 12.0 Å². The molecule has 0 fully saturated rings. The van der Waals surface area contributed by atoms with Gasteiger partial charge in [0.25, 0.3) is 0 Å². The third-order valence-corrected chi connectivity index (χ3v) is 3.67. The Morgan fingerprint density at radius 3 is 2.47 bits per heavy atom. The molecule has 0 amide bonds. The molecule has 1 aromatic carbocycles. The number of hydrogen-bond donors (Lipinski definition) is 0. The first-order chi connectivity index (χ1) is 8.07. The van der Waals surface area contributed by atoms with Crippen LogP contribution in [0.25, 0.3) is 0 Å². The number of benzene rings is 1. The maximum Gasteiger partial charge on any atom is 0.228 e. The summed E-state index contributed by atoms with van der Waals surface area (Å²) in [5, 5.41) is 0. The predicted molar refractivity (Wildman–Crippen MR) is 76.8 cm³/mol. The lowest BCUT2D eigenvalue weighted by molar-refractivity contribution is 0.109. The molecule has 0 radical (unpaired) electrons. The van der Waals surface area contributed by atoms with Gasteiger partial charge in [-0.3, -0.25) is 4.79 Å². The molecule has 0 saturated carbocycles. The summed E-state index contributed by atoms with van der Waals surface area (Å²) in [5.74, 6) is 1.04. The molecule has 94 valence electrons. The first-order valence-electron chi connectivity index (χ1n) is 6.36. The van der Waals surface area contributed by atoms with E-state index in [1.807, 2.05) is 18.2 Å². The molecule has 0 N–H and O–H groups in total. The second-order valence-corrected chi connectivity index (χ2v) is 5.57. The van der Waals surface area contributed by atoms with E-state index in [2.05, 4.69) is 42.8 Å². The Balaban J connectivity index is 3.04. The normalized spacial score (nSPS) is 12.8. The van der Waals surface area contributed by atoms with Gasteiger partial charge in [-0.25, -0.2) is 0 Å². The average molecular weight is 297 g/mol. The van der Waals surface area contributed by atoms with Crippen molar-refractivity contribution in [3.8, 4) is 0 Å². The molecule has 1 atom stereocenters. The summed E-state index contributed by atoms with van der Waals surface area (Å²) in [6, 6.07) is 7.95.